The van der Waals surface area contributed by atoms with Crippen LogP contribution in [-0.2, 0) is 9.59 Å². The van der Waals surface area contributed by atoms with E-state index < -0.39 is 17.9 Å². The number of urea groups is 1. The molecule has 1 saturated heterocycles. The second-order valence-electron chi connectivity index (χ2n) is 7.42. The summed E-state index contributed by atoms with van der Waals surface area (Å²) < 4.78 is 11.1. The van der Waals surface area contributed by atoms with Crippen molar-refractivity contribution in [2.24, 2.45) is 5.92 Å². The van der Waals surface area contributed by atoms with Gasteiger partial charge in [-0.05, 0) is 37.1 Å². The summed E-state index contributed by atoms with van der Waals surface area (Å²) in [6.07, 6.45) is 0.465. The van der Waals surface area contributed by atoms with Crippen LogP contribution in [0.2, 0.25) is 0 Å². The lowest BCUT2D eigenvalue weighted by atomic mass is 9.98. The standard InChI is InChI=1S/C22H24N4O5/c27-20(24-25-21(28)19-14-30-17-10-4-5-11-18(17)31-19)15-7-6-12-26(13-15)22(29)23-16-8-2-1-3-9-16/h1-5,8-11,15,19H,6-7,12-14H2,(H,23,29)(H,24,27)(H,25,28)/t15-,19+/m0/s1. The molecular weight excluding hydrogens is 400 g/mol. The highest BCUT2D eigenvalue weighted by Gasteiger charge is 2.31. The quantitative estimate of drug-likeness (QED) is 0.653. The Bertz CT molecular complexity index is 952. The normalized spacial score (nSPS) is 19.8. The molecule has 0 aliphatic carbocycles. The Morgan fingerprint density at radius 1 is 0.903 bits per heavy atom. The Hall–Kier alpha value is -3.75. The van der Waals surface area contributed by atoms with Crippen LogP contribution in [0.5, 0.6) is 11.5 Å². The molecule has 9 heteroatoms. The molecule has 0 unspecified atom stereocenters. The van der Waals surface area contributed by atoms with Crippen molar-refractivity contribution >= 4 is 23.5 Å². The average molecular weight is 424 g/mol. The number of carbonyl (C=O) groups is 3. The number of hydrogen-bond acceptors (Lipinski definition) is 5. The monoisotopic (exact) mass is 424 g/mol. The number of amides is 4. The average Bonchev–Trinajstić information content (AvgIpc) is 2.82. The van der Waals surface area contributed by atoms with Crippen LogP contribution in [0, 0.1) is 5.92 Å². The van der Waals surface area contributed by atoms with Crippen LogP contribution in [0.3, 0.4) is 0 Å². The molecule has 0 spiro atoms. The van der Waals surface area contributed by atoms with Crippen molar-refractivity contribution in [2.45, 2.75) is 18.9 Å². The van der Waals surface area contributed by atoms with Crippen molar-refractivity contribution in [1.29, 1.82) is 0 Å². The fourth-order valence-corrected chi connectivity index (χ4v) is 3.55. The zero-order valence-electron chi connectivity index (χ0n) is 16.9. The second kappa shape index (κ2) is 9.38. The fourth-order valence-electron chi connectivity index (χ4n) is 3.55. The van der Waals surface area contributed by atoms with Gasteiger partial charge in [0.25, 0.3) is 5.91 Å². The number of anilines is 1. The molecule has 0 bridgehead atoms. The Morgan fingerprint density at radius 3 is 2.42 bits per heavy atom. The lowest BCUT2D eigenvalue weighted by Crippen LogP contribution is -2.54. The van der Waals surface area contributed by atoms with E-state index in [0.29, 0.717) is 36.6 Å². The number of nitrogens with one attached hydrogen (secondary N) is 3. The number of piperidine rings is 1. The summed E-state index contributed by atoms with van der Waals surface area (Å²) in [5.74, 6) is -0.209. The minimum atomic E-state index is -0.866. The van der Waals surface area contributed by atoms with E-state index in [2.05, 4.69) is 16.2 Å². The number of rotatable bonds is 3. The van der Waals surface area contributed by atoms with Crippen molar-refractivity contribution < 1.29 is 23.9 Å². The van der Waals surface area contributed by atoms with Gasteiger partial charge in [-0.15, -0.1) is 0 Å². The molecule has 2 aliphatic rings. The molecule has 2 heterocycles. The molecular formula is C22H24N4O5. The molecule has 2 atom stereocenters. The first-order valence-corrected chi connectivity index (χ1v) is 10.2. The first-order chi connectivity index (χ1) is 15.1. The van der Waals surface area contributed by atoms with Gasteiger partial charge in [0, 0.05) is 18.8 Å². The number of likely N-dealkylation sites (tertiary alicyclic amines) is 1. The van der Waals surface area contributed by atoms with Gasteiger partial charge in [-0.1, -0.05) is 30.3 Å². The molecule has 2 aromatic carbocycles. The van der Waals surface area contributed by atoms with E-state index in [1.807, 2.05) is 24.3 Å². The maximum Gasteiger partial charge on any atom is 0.321 e. The van der Waals surface area contributed by atoms with Crippen LogP contribution < -0.4 is 25.6 Å². The van der Waals surface area contributed by atoms with Crippen molar-refractivity contribution in [3.63, 3.8) is 0 Å². The Morgan fingerprint density at radius 2 is 1.61 bits per heavy atom. The highest BCUT2D eigenvalue weighted by Crippen LogP contribution is 2.30. The van der Waals surface area contributed by atoms with E-state index in [9.17, 15) is 14.4 Å². The summed E-state index contributed by atoms with van der Waals surface area (Å²) in [4.78, 5) is 39.0. The number of hydrogen-bond donors (Lipinski definition) is 3. The first kappa shape index (κ1) is 20.5. The lowest BCUT2D eigenvalue weighted by Gasteiger charge is -2.32. The van der Waals surface area contributed by atoms with Gasteiger partial charge in [-0.2, -0.15) is 0 Å². The second-order valence-corrected chi connectivity index (χ2v) is 7.42. The number of hydrazine groups is 1. The van der Waals surface area contributed by atoms with Crippen molar-refractivity contribution in [2.75, 3.05) is 25.0 Å². The van der Waals surface area contributed by atoms with Crippen LogP contribution in [0.4, 0.5) is 10.5 Å². The first-order valence-electron chi connectivity index (χ1n) is 10.2. The van der Waals surface area contributed by atoms with Gasteiger partial charge in [0.2, 0.25) is 12.0 Å². The van der Waals surface area contributed by atoms with Gasteiger partial charge in [0.15, 0.2) is 11.5 Å². The van der Waals surface area contributed by atoms with Gasteiger partial charge >= 0.3 is 6.03 Å². The molecule has 4 amide bonds. The Labute approximate surface area is 179 Å². The molecule has 31 heavy (non-hydrogen) atoms. The summed E-state index contributed by atoms with van der Waals surface area (Å²) in [7, 11) is 0. The molecule has 0 aromatic heterocycles. The van der Waals surface area contributed by atoms with Crippen LogP contribution in [0.15, 0.2) is 54.6 Å². The minimum absolute atomic E-state index is 0.0512. The zero-order chi connectivity index (χ0) is 21.6. The molecule has 3 N–H and O–H groups in total. The Balaban J connectivity index is 1.25. The molecule has 1 fully saturated rings. The summed E-state index contributed by atoms with van der Waals surface area (Å²) in [5.41, 5.74) is 5.55. The highest BCUT2D eigenvalue weighted by molar-refractivity contribution is 5.90. The lowest BCUT2D eigenvalue weighted by molar-refractivity contribution is -0.136. The van der Waals surface area contributed by atoms with Gasteiger partial charge in [-0.3, -0.25) is 20.4 Å². The molecule has 4 rings (SSSR count). The summed E-state index contributed by atoms with van der Waals surface area (Å²) in [6.45, 7) is 0.897. The smallest absolute Gasteiger partial charge is 0.321 e. The van der Waals surface area contributed by atoms with Gasteiger partial charge in [-0.25, -0.2) is 4.79 Å². The van der Waals surface area contributed by atoms with E-state index >= 15 is 0 Å². The van der Waals surface area contributed by atoms with Crippen molar-refractivity contribution in [3.05, 3.63) is 54.6 Å². The van der Waals surface area contributed by atoms with Crippen molar-refractivity contribution in [1.82, 2.24) is 15.8 Å². The SMILES string of the molecule is O=C(NNC(=O)[C@H]1COc2ccccc2O1)[C@H]1CCCN(C(=O)Nc2ccccc2)C1. The maximum absolute atomic E-state index is 12.6. The van der Waals surface area contributed by atoms with E-state index in [0.717, 1.165) is 0 Å². The van der Waals surface area contributed by atoms with E-state index in [4.69, 9.17) is 9.47 Å². The largest absolute Gasteiger partial charge is 0.485 e. The van der Waals surface area contributed by atoms with Crippen LogP contribution in [0.25, 0.3) is 0 Å². The molecule has 0 radical (unpaired) electrons. The number of carbonyl (C=O) groups excluding carboxylic acids is 3. The summed E-state index contributed by atoms with van der Waals surface area (Å²) in [6, 6.07) is 16.0. The Kier molecular flexibility index (Phi) is 6.21. The summed E-state index contributed by atoms with van der Waals surface area (Å²) >= 11 is 0. The summed E-state index contributed by atoms with van der Waals surface area (Å²) in [5, 5.41) is 2.83. The van der Waals surface area contributed by atoms with Crippen LogP contribution in [0.1, 0.15) is 12.8 Å². The molecule has 9 nitrogen and oxygen atoms in total. The zero-order valence-corrected chi connectivity index (χ0v) is 16.9. The number of fused-ring (bicyclic) bond motifs is 1. The van der Waals surface area contributed by atoms with Gasteiger partial charge in [0.1, 0.15) is 6.61 Å². The van der Waals surface area contributed by atoms with E-state index in [1.54, 1.807) is 35.2 Å². The van der Waals surface area contributed by atoms with E-state index in [1.165, 1.54) is 0 Å². The fraction of sp³-hybridized carbons (Fsp3) is 0.318. The molecule has 2 aromatic rings. The minimum Gasteiger partial charge on any atom is -0.485 e. The predicted molar refractivity (Wildman–Crippen MR) is 112 cm³/mol. The molecule has 2 aliphatic heterocycles. The number of ether oxygens (including phenoxy) is 2. The van der Waals surface area contributed by atoms with Crippen LogP contribution >= 0.6 is 0 Å². The number of benzene rings is 2. The topological polar surface area (TPSA) is 109 Å². The third-order valence-corrected chi connectivity index (χ3v) is 5.21. The highest BCUT2D eigenvalue weighted by atomic mass is 16.6. The third kappa shape index (κ3) is 5.06. The predicted octanol–water partition coefficient (Wildman–Crippen LogP) is 1.92. The third-order valence-electron chi connectivity index (χ3n) is 5.21. The number of nitrogens with zero attached hydrogens (tertiary/aromatic N) is 1. The molecule has 162 valence electrons. The van der Waals surface area contributed by atoms with Gasteiger partial charge in [0.05, 0.1) is 5.92 Å². The van der Waals surface area contributed by atoms with Crippen LogP contribution in [-0.4, -0.2) is 48.5 Å². The van der Waals surface area contributed by atoms with Crippen molar-refractivity contribution in [3.8, 4) is 11.5 Å². The number of para-hydroxylation sites is 3. The molecule has 0 saturated carbocycles. The van der Waals surface area contributed by atoms with E-state index in [-0.39, 0.29) is 25.1 Å². The van der Waals surface area contributed by atoms with Gasteiger partial charge < -0.3 is 19.7 Å². The maximum atomic E-state index is 12.6.